The highest BCUT2D eigenvalue weighted by atomic mass is 16.6. The van der Waals surface area contributed by atoms with Gasteiger partial charge in [0.1, 0.15) is 11.5 Å². The Bertz CT molecular complexity index is 664. The molecule has 0 aliphatic heterocycles. The molecular weight excluding hydrogens is 347 g/mol. The van der Waals surface area contributed by atoms with E-state index in [-0.39, 0.29) is 19.6 Å². The van der Waals surface area contributed by atoms with Crippen LogP contribution >= 0.6 is 0 Å². The summed E-state index contributed by atoms with van der Waals surface area (Å²) in [5.41, 5.74) is 2.08. The molecule has 6 nitrogen and oxygen atoms in total. The van der Waals surface area contributed by atoms with Gasteiger partial charge in [0.25, 0.3) is 0 Å². The number of hydrogen-bond donors (Lipinski definition) is 0. The monoisotopic (exact) mass is 370 g/mol. The van der Waals surface area contributed by atoms with Gasteiger partial charge in [-0.05, 0) is 48.2 Å². The van der Waals surface area contributed by atoms with E-state index in [0.717, 1.165) is 11.1 Å². The molecule has 0 saturated heterocycles. The van der Waals surface area contributed by atoms with Crippen molar-refractivity contribution in [1.29, 1.82) is 0 Å². The van der Waals surface area contributed by atoms with Crippen molar-refractivity contribution < 1.29 is 28.4 Å². The smallest absolute Gasteiger partial charge is 0.529 e. The molecular formula is C20H23BO6. The molecule has 0 N–H and O–H groups in total. The molecule has 0 aliphatic carbocycles. The number of carbonyl (C=O) groups excluding carboxylic acids is 2. The third-order valence-corrected chi connectivity index (χ3v) is 3.99. The molecule has 0 aliphatic rings. The lowest BCUT2D eigenvalue weighted by Gasteiger charge is -2.09. The van der Waals surface area contributed by atoms with Gasteiger partial charge in [0.15, 0.2) is 0 Å². The summed E-state index contributed by atoms with van der Waals surface area (Å²) in [5.74, 6) is 0.929. The summed E-state index contributed by atoms with van der Waals surface area (Å²) in [5, 5.41) is 0. The minimum Gasteiger partial charge on any atom is -0.529 e. The summed E-state index contributed by atoms with van der Waals surface area (Å²) < 4.78 is 20.4. The Kier molecular flexibility index (Phi) is 8.22. The van der Waals surface area contributed by atoms with Crippen molar-refractivity contribution in [2.75, 3.05) is 14.2 Å². The minimum atomic E-state index is -0.222. The normalized spacial score (nSPS) is 10.0. The standard InChI is InChI=1S/C20H23BO6/c1-24-19(22)13-7-15-3-9-17(10-4-15)26-21-27-18-11-5-16(6-12-18)8-14-20(23)25-2/h3-6,9-12,21H,7-8,13-14H2,1-2H3. The Morgan fingerprint density at radius 1 is 0.704 bits per heavy atom. The van der Waals surface area contributed by atoms with Gasteiger partial charge in [-0.1, -0.05) is 24.3 Å². The molecule has 2 rings (SSSR count). The summed E-state index contributed by atoms with van der Waals surface area (Å²) in [4.78, 5) is 22.3. The van der Waals surface area contributed by atoms with Crippen LogP contribution < -0.4 is 9.31 Å². The van der Waals surface area contributed by atoms with Gasteiger partial charge in [-0.2, -0.15) is 0 Å². The molecule has 0 bridgehead atoms. The highest BCUT2D eigenvalue weighted by Crippen LogP contribution is 2.16. The van der Waals surface area contributed by atoms with Gasteiger partial charge in [-0.3, -0.25) is 9.59 Å². The molecule has 142 valence electrons. The van der Waals surface area contributed by atoms with Gasteiger partial charge >= 0.3 is 19.6 Å². The molecule has 2 aromatic rings. The predicted molar refractivity (Wildman–Crippen MR) is 102 cm³/mol. The summed E-state index contributed by atoms with van der Waals surface area (Å²) in [6, 6.07) is 15.0. The summed E-state index contributed by atoms with van der Waals surface area (Å²) in [6.07, 6.45) is 1.97. The molecule has 2 aromatic carbocycles. The summed E-state index contributed by atoms with van der Waals surface area (Å²) in [7, 11) is 2.85. The Morgan fingerprint density at radius 2 is 1.07 bits per heavy atom. The first-order chi connectivity index (χ1) is 13.1. The van der Waals surface area contributed by atoms with Gasteiger partial charge in [0, 0.05) is 12.8 Å². The average Bonchev–Trinajstić information content (AvgIpc) is 2.72. The van der Waals surface area contributed by atoms with Crippen molar-refractivity contribution in [3.05, 3.63) is 59.7 Å². The maximum absolute atomic E-state index is 11.1. The molecule has 0 aromatic heterocycles. The van der Waals surface area contributed by atoms with Crippen LogP contribution in [0.15, 0.2) is 48.5 Å². The lowest BCUT2D eigenvalue weighted by atomic mass is 10.1. The van der Waals surface area contributed by atoms with E-state index < -0.39 is 0 Å². The van der Waals surface area contributed by atoms with E-state index in [9.17, 15) is 9.59 Å². The van der Waals surface area contributed by atoms with Crippen molar-refractivity contribution in [1.82, 2.24) is 0 Å². The molecule has 0 unspecified atom stereocenters. The fourth-order valence-corrected chi connectivity index (χ4v) is 2.37. The van der Waals surface area contributed by atoms with Gasteiger partial charge in [0.05, 0.1) is 14.2 Å². The van der Waals surface area contributed by atoms with E-state index in [0.29, 0.717) is 37.2 Å². The number of hydrogen-bond acceptors (Lipinski definition) is 6. The van der Waals surface area contributed by atoms with E-state index in [1.54, 1.807) is 0 Å². The number of aryl methyl sites for hydroxylation is 2. The Balaban J connectivity index is 1.72. The van der Waals surface area contributed by atoms with Crippen molar-refractivity contribution in [3.63, 3.8) is 0 Å². The number of ether oxygens (including phenoxy) is 2. The van der Waals surface area contributed by atoms with Crippen LogP contribution in [0.2, 0.25) is 0 Å². The highest BCUT2D eigenvalue weighted by molar-refractivity contribution is 6.20. The predicted octanol–water partition coefficient (Wildman–Crippen LogP) is 2.62. The zero-order valence-electron chi connectivity index (χ0n) is 15.6. The van der Waals surface area contributed by atoms with Crippen LogP contribution in [0.1, 0.15) is 24.0 Å². The molecule has 0 radical (unpaired) electrons. The van der Waals surface area contributed by atoms with Crippen LogP contribution in [-0.2, 0) is 31.9 Å². The summed E-state index contributed by atoms with van der Waals surface area (Å²) >= 11 is 0. The van der Waals surface area contributed by atoms with Crippen LogP contribution in [0.5, 0.6) is 11.5 Å². The van der Waals surface area contributed by atoms with Crippen molar-refractivity contribution in [2.45, 2.75) is 25.7 Å². The van der Waals surface area contributed by atoms with Crippen LogP contribution in [0.25, 0.3) is 0 Å². The second-order valence-corrected chi connectivity index (χ2v) is 5.85. The second-order valence-electron chi connectivity index (χ2n) is 5.85. The molecule has 0 amide bonds. The molecule has 7 heteroatoms. The molecule has 0 spiro atoms. The number of esters is 2. The average molecular weight is 370 g/mol. The van der Waals surface area contributed by atoms with Crippen LogP contribution in [0.4, 0.5) is 0 Å². The molecule has 0 fully saturated rings. The van der Waals surface area contributed by atoms with E-state index in [2.05, 4.69) is 9.47 Å². The highest BCUT2D eigenvalue weighted by Gasteiger charge is 2.04. The van der Waals surface area contributed by atoms with Gasteiger partial charge in [-0.25, -0.2) is 0 Å². The van der Waals surface area contributed by atoms with Gasteiger partial charge in [0.2, 0.25) is 0 Å². The number of methoxy groups -OCH3 is 2. The second kappa shape index (κ2) is 10.9. The van der Waals surface area contributed by atoms with Gasteiger partial charge < -0.3 is 18.8 Å². The maximum atomic E-state index is 11.1. The van der Waals surface area contributed by atoms with Crippen LogP contribution in [0.3, 0.4) is 0 Å². The fraction of sp³-hybridized carbons (Fsp3) is 0.300. The largest absolute Gasteiger partial charge is 0.576 e. The van der Waals surface area contributed by atoms with E-state index in [4.69, 9.17) is 9.31 Å². The van der Waals surface area contributed by atoms with E-state index in [1.807, 2.05) is 48.5 Å². The summed E-state index contributed by atoms with van der Waals surface area (Å²) in [6.45, 7) is 0. The van der Waals surface area contributed by atoms with Gasteiger partial charge in [-0.15, -0.1) is 0 Å². The lowest BCUT2D eigenvalue weighted by Crippen LogP contribution is -2.11. The molecule has 0 heterocycles. The first-order valence-electron chi connectivity index (χ1n) is 8.68. The number of benzene rings is 2. The minimum absolute atomic E-state index is 0.0863. The zero-order valence-corrected chi connectivity index (χ0v) is 15.6. The zero-order chi connectivity index (χ0) is 19.5. The Morgan fingerprint density at radius 3 is 1.41 bits per heavy atom. The molecule has 0 atom stereocenters. The Hall–Kier alpha value is -2.96. The Labute approximate surface area is 159 Å². The molecule has 0 saturated carbocycles. The fourth-order valence-electron chi connectivity index (χ4n) is 2.37. The maximum Gasteiger partial charge on any atom is 0.576 e. The van der Waals surface area contributed by atoms with Crippen molar-refractivity contribution in [3.8, 4) is 11.5 Å². The number of carbonyl (C=O) groups is 2. The SMILES string of the molecule is COC(=O)CCc1ccc(OBOc2ccc(CCC(=O)OC)cc2)cc1. The first-order valence-corrected chi connectivity index (χ1v) is 8.68. The van der Waals surface area contributed by atoms with Crippen LogP contribution in [0, 0.1) is 0 Å². The van der Waals surface area contributed by atoms with Crippen molar-refractivity contribution >= 4 is 19.6 Å². The van der Waals surface area contributed by atoms with E-state index >= 15 is 0 Å². The topological polar surface area (TPSA) is 71.1 Å². The van der Waals surface area contributed by atoms with Crippen molar-refractivity contribution in [2.24, 2.45) is 0 Å². The molecule has 27 heavy (non-hydrogen) atoms. The quantitative estimate of drug-likeness (QED) is 0.473. The third kappa shape index (κ3) is 7.44. The van der Waals surface area contributed by atoms with E-state index in [1.165, 1.54) is 14.2 Å². The lowest BCUT2D eigenvalue weighted by molar-refractivity contribution is -0.141. The van der Waals surface area contributed by atoms with Crippen LogP contribution in [-0.4, -0.2) is 33.8 Å². The first kappa shape index (κ1) is 20.4. The number of rotatable bonds is 10. The third-order valence-electron chi connectivity index (χ3n) is 3.99.